The van der Waals surface area contributed by atoms with Crippen LogP contribution in [0.3, 0.4) is 0 Å². The fourth-order valence-electron chi connectivity index (χ4n) is 1.34. The van der Waals surface area contributed by atoms with Crippen LogP contribution in [-0.2, 0) is 9.53 Å². The molecule has 20 heavy (non-hydrogen) atoms. The lowest BCUT2D eigenvalue weighted by molar-refractivity contribution is -0.137. The molecule has 1 N–H and O–H groups in total. The summed E-state index contributed by atoms with van der Waals surface area (Å²) in [5.41, 5.74) is 0.340. The van der Waals surface area contributed by atoms with Crippen molar-refractivity contribution in [3.63, 3.8) is 0 Å². The molecule has 0 amide bonds. The number of methoxy groups -OCH3 is 1. The number of hydrogen-bond acceptors (Lipinski definition) is 5. The molecule has 5 nitrogen and oxygen atoms in total. The molecule has 1 aromatic carbocycles. The molecule has 1 rings (SSSR count). The second-order valence-electron chi connectivity index (χ2n) is 3.60. The van der Waals surface area contributed by atoms with E-state index in [0.717, 1.165) is 0 Å². The average molecular weight is 338 g/mol. The third-order valence-electron chi connectivity index (χ3n) is 2.27. The van der Waals surface area contributed by atoms with Crippen molar-refractivity contribution in [1.82, 2.24) is 0 Å². The van der Waals surface area contributed by atoms with E-state index in [1.165, 1.54) is 31.4 Å². The Hall–Kier alpha value is -2.26. The smallest absolute Gasteiger partial charge is 0.349 e. The van der Waals surface area contributed by atoms with Crippen LogP contribution < -0.4 is 4.74 Å². The maximum Gasteiger partial charge on any atom is 0.349 e. The van der Waals surface area contributed by atoms with Gasteiger partial charge < -0.3 is 14.6 Å². The van der Waals surface area contributed by atoms with E-state index in [4.69, 9.17) is 14.7 Å². The van der Waals surface area contributed by atoms with E-state index in [1.807, 2.05) is 0 Å². The molecule has 0 fully saturated rings. The first-order chi connectivity index (χ1) is 9.53. The van der Waals surface area contributed by atoms with Gasteiger partial charge in [0, 0.05) is 4.47 Å². The highest BCUT2D eigenvalue weighted by atomic mass is 79.9. The molecule has 0 atom stereocenters. The average Bonchev–Trinajstić information content (AvgIpc) is 2.44. The Kier molecular flexibility index (Phi) is 5.81. The van der Waals surface area contributed by atoms with Gasteiger partial charge in [-0.15, -0.1) is 0 Å². The zero-order valence-electron chi connectivity index (χ0n) is 10.7. The first kappa shape index (κ1) is 15.8. The van der Waals surface area contributed by atoms with Gasteiger partial charge >= 0.3 is 5.97 Å². The summed E-state index contributed by atoms with van der Waals surface area (Å²) in [7, 11) is 1.40. The molecule has 1 aromatic rings. The number of nitrogens with zero attached hydrogens (tertiary/aromatic N) is 1. The predicted molar refractivity (Wildman–Crippen MR) is 77.1 cm³/mol. The molecule has 0 saturated heterocycles. The molecule has 0 heterocycles. The molecule has 0 spiro atoms. The maximum atomic E-state index is 11.6. The molecule has 0 unspecified atom stereocenters. The molecule has 0 aromatic heterocycles. The fraction of sp³-hybridized carbons (Fsp3) is 0.143. The first-order valence-electron chi connectivity index (χ1n) is 5.49. The van der Waals surface area contributed by atoms with Crippen molar-refractivity contribution >= 4 is 28.0 Å². The summed E-state index contributed by atoms with van der Waals surface area (Å²) in [6.07, 6.45) is 2.75. The van der Waals surface area contributed by atoms with Crippen LogP contribution in [0.15, 0.2) is 34.8 Å². The van der Waals surface area contributed by atoms with Crippen LogP contribution in [-0.4, -0.2) is 24.8 Å². The third-order valence-corrected chi connectivity index (χ3v) is 2.96. The molecule has 6 heteroatoms. The number of phenolic OH excluding ortho intramolecular Hbond substituents is 1. The van der Waals surface area contributed by atoms with Gasteiger partial charge in [-0.1, -0.05) is 28.6 Å². The van der Waals surface area contributed by atoms with Crippen LogP contribution in [0, 0.1) is 11.3 Å². The number of esters is 1. The molecule has 0 aliphatic rings. The Labute approximate surface area is 124 Å². The second kappa shape index (κ2) is 7.36. The Balaban J connectivity index is 3.16. The summed E-state index contributed by atoms with van der Waals surface area (Å²) in [6.45, 7) is 3.44. The summed E-state index contributed by atoms with van der Waals surface area (Å²) < 4.78 is 10.3. The van der Waals surface area contributed by atoms with E-state index >= 15 is 0 Å². The minimum Gasteiger partial charge on any atom is -0.504 e. The number of ether oxygens (including phenoxy) is 2. The van der Waals surface area contributed by atoms with Crippen molar-refractivity contribution in [1.29, 1.82) is 5.26 Å². The number of nitriles is 1. The van der Waals surface area contributed by atoms with E-state index < -0.39 is 5.97 Å². The Morgan fingerprint density at radius 1 is 1.60 bits per heavy atom. The highest BCUT2D eigenvalue weighted by Crippen LogP contribution is 2.33. The van der Waals surface area contributed by atoms with Crippen molar-refractivity contribution in [3.05, 3.63) is 40.4 Å². The van der Waals surface area contributed by atoms with Crippen LogP contribution in [0.1, 0.15) is 5.56 Å². The van der Waals surface area contributed by atoms with Crippen LogP contribution in [0.5, 0.6) is 11.5 Å². The summed E-state index contributed by atoms with van der Waals surface area (Å²) in [5, 5.41) is 18.6. The van der Waals surface area contributed by atoms with Crippen molar-refractivity contribution in [2.45, 2.75) is 0 Å². The van der Waals surface area contributed by atoms with Crippen LogP contribution in [0.4, 0.5) is 0 Å². The van der Waals surface area contributed by atoms with Gasteiger partial charge in [0.25, 0.3) is 0 Å². The lowest BCUT2D eigenvalue weighted by Gasteiger charge is -2.07. The molecular formula is C14H12BrNO4. The van der Waals surface area contributed by atoms with Gasteiger partial charge in [-0.3, -0.25) is 0 Å². The zero-order chi connectivity index (χ0) is 15.1. The second-order valence-corrected chi connectivity index (χ2v) is 4.46. The third kappa shape index (κ3) is 3.87. The molecule has 0 aliphatic heterocycles. The number of phenols is 1. The topological polar surface area (TPSA) is 79.6 Å². The van der Waals surface area contributed by atoms with Crippen LogP contribution in [0.2, 0.25) is 0 Å². The van der Waals surface area contributed by atoms with E-state index in [1.54, 1.807) is 6.07 Å². The Morgan fingerprint density at radius 2 is 2.30 bits per heavy atom. The number of hydrogen-bond donors (Lipinski definition) is 1. The lowest BCUT2D eigenvalue weighted by atomic mass is 10.1. The monoisotopic (exact) mass is 337 g/mol. The molecule has 0 saturated carbocycles. The minimum absolute atomic E-state index is 0.0257. The Morgan fingerprint density at radius 3 is 2.85 bits per heavy atom. The predicted octanol–water partition coefficient (Wildman–Crippen LogP) is 2.80. The van der Waals surface area contributed by atoms with Gasteiger partial charge in [0.1, 0.15) is 18.2 Å². The summed E-state index contributed by atoms with van der Waals surface area (Å²) >= 11 is 3.23. The van der Waals surface area contributed by atoms with E-state index in [-0.39, 0.29) is 23.7 Å². The van der Waals surface area contributed by atoms with Gasteiger partial charge in [0.15, 0.2) is 11.5 Å². The number of rotatable bonds is 5. The van der Waals surface area contributed by atoms with Crippen molar-refractivity contribution < 1.29 is 19.4 Å². The molecular weight excluding hydrogens is 326 g/mol. The van der Waals surface area contributed by atoms with Crippen molar-refractivity contribution in [3.8, 4) is 17.6 Å². The standard InChI is InChI=1S/C14H12BrNO4/c1-3-4-20-14(18)10(8-16)5-9-6-13(19-2)12(17)7-11(9)15/h3,5-7,17H,1,4H2,2H3/b10-5-. The fourth-order valence-corrected chi connectivity index (χ4v) is 1.78. The Bertz CT molecular complexity index is 602. The van der Waals surface area contributed by atoms with Gasteiger partial charge in [-0.2, -0.15) is 5.26 Å². The first-order valence-corrected chi connectivity index (χ1v) is 6.29. The van der Waals surface area contributed by atoms with Gasteiger partial charge in [-0.05, 0) is 23.8 Å². The lowest BCUT2D eigenvalue weighted by Crippen LogP contribution is -2.06. The van der Waals surface area contributed by atoms with Gasteiger partial charge in [-0.25, -0.2) is 4.79 Å². The highest BCUT2D eigenvalue weighted by Gasteiger charge is 2.13. The largest absolute Gasteiger partial charge is 0.504 e. The van der Waals surface area contributed by atoms with Crippen molar-refractivity contribution in [2.75, 3.05) is 13.7 Å². The summed E-state index contributed by atoms with van der Waals surface area (Å²) in [6, 6.07) is 4.68. The highest BCUT2D eigenvalue weighted by molar-refractivity contribution is 9.10. The van der Waals surface area contributed by atoms with Gasteiger partial charge in [0.2, 0.25) is 0 Å². The van der Waals surface area contributed by atoms with E-state index in [0.29, 0.717) is 10.0 Å². The number of carbonyl (C=O) groups excluding carboxylic acids is 1. The summed E-state index contributed by atoms with van der Waals surface area (Å²) in [5.74, 6) is -0.563. The number of aromatic hydroxyl groups is 1. The van der Waals surface area contributed by atoms with Crippen LogP contribution >= 0.6 is 15.9 Å². The summed E-state index contributed by atoms with van der Waals surface area (Å²) in [4.78, 5) is 11.6. The maximum absolute atomic E-state index is 11.6. The molecule has 0 bridgehead atoms. The number of halogens is 1. The molecule has 0 aliphatic carbocycles. The number of benzene rings is 1. The number of carbonyl (C=O) groups is 1. The molecule has 0 radical (unpaired) electrons. The van der Waals surface area contributed by atoms with Gasteiger partial charge in [0.05, 0.1) is 7.11 Å². The normalized spacial score (nSPS) is 10.6. The minimum atomic E-state index is -0.744. The quantitative estimate of drug-likeness (QED) is 0.386. The SMILES string of the molecule is C=CCOC(=O)/C(C#N)=C\c1cc(OC)c(O)cc1Br. The van der Waals surface area contributed by atoms with E-state index in [2.05, 4.69) is 22.5 Å². The van der Waals surface area contributed by atoms with Crippen molar-refractivity contribution in [2.24, 2.45) is 0 Å². The zero-order valence-corrected chi connectivity index (χ0v) is 12.3. The van der Waals surface area contributed by atoms with Crippen LogP contribution in [0.25, 0.3) is 6.08 Å². The van der Waals surface area contributed by atoms with E-state index in [9.17, 15) is 9.90 Å². The molecule has 104 valence electrons.